The van der Waals surface area contributed by atoms with Gasteiger partial charge in [-0.2, -0.15) is 0 Å². The molecule has 1 unspecified atom stereocenters. The van der Waals surface area contributed by atoms with Crippen LogP contribution in [0.4, 0.5) is 4.39 Å². The van der Waals surface area contributed by atoms with E-state index < -0.39 is 27.0 Å². The molecule has 0 bridgehead atoms. The molecule has 4 rings (SSSR count). The third-order valence-corrected chi connectivity index (χ3v) is 8.53. The second kappa shape index (κ2) is 8.46. The molecule has 6 nitrogen and oxygen atoms in total. The lowest BCUT2D eigenvalue weighted by molar-refractivity contribution is 0.0976. The number of ether oxygens (including phenoxy) is 1. The van der Waals surface area contributed by atoms with Crippen LogP contribution in [0.15, 0.2) is 12.1 Å². The minimum Gasteiger partial charge on any atom is -0.493 e. The van der Waals surface area contributed by atoms with Gasteiger partial charge < -0.3 is 9.64 Å². The van der Waals surface area contributed by atoms with Crippen molar-refractivity contribution in [2.24, 2.45) is 11.8 Å². The Labute approximate surface area is 178 Å². The molecule has 2 aliphatic carbocycles. The van der Waals surface area contributed by atoms with Gasteiger partial charge in [0.25, 0.3) is 5.91 Å². The Hall–Kier alpha value is -1.67. The molecule has 0 radical (unpaired) electrons. The highest BCUT2D eigenvalue weighted by molar-refractivity contribution is 7.91. The van der Waals surface area contributed by atoms with Crippen LogP contribution in [-0.2, 0) is 10.0 Å². The Morgan fingerprint density at radius 1 is 1.20 bits per heavy atom. The van der Waals surface area contributed by atoms with Gasteiger partial charge in [0.15, 0.2) is 0 Å². The quantitative estimate of drug-likeness (QED) is 0.674. The van der Waals surface area contributed by atoms with Gasteiger partial charge in [-0.3, -0.25) is 4.79 Å². The summed E-state index contributed by atoms with van der Waals surface area (Å²) in [4.78, 5) is 14.8. The molecule has 166 valence electrons. The molecule has 30 heavy (non-hydrogen) atoms. The minimum absolute atomic E-state index is 0.272. The maximum absolute atomic E-state index is 14.5. The molecule has 3 fully saturated rings. The molecule has 1 saturated heterocycles. The highest BCUT2D eigenvalue weighted by atomic mass is 32.2. The lowest BCUT2D eigenvalue weighted by Crippen LogP contribution is -2.42. The number of nitrogens with one attached hydrogen (secondary N) is 1. The van der Waals surface area contributed by atoms with Crippen molar-refractivity contribution < 1.29 is 22.3 Å². The number of amides is 1. The molecule has 8 heteroatoms. The Kier molecular flexibility index (Phi) is 6.08. The zero-order chi connectivity index (χ0) is 21.5. The topological polar surface area (TPSA) is 75.7 Å². The second-order valence-corrected chi connectivity index (χ2v) is 11.1. The van der Waals surface area contributed by atoms with Crippen LogP contribution < -0.4 is 9.46 Å². The fourth-order valence-electron chi connectivity index (χ4n) is 4.25. The number of carbonyl (C=O) groups excluding carboxylic acids is 1. The van der Waals surface area contributed by atoms with Gasteiger partial charge in [0, 0.05) is 12.1 Å². The van der Waals surface area contributed by atoms with E-state index >= 15 is 0 Å². The second-order valence-electron chi connectivity index (χ2n) is 9.14. The number of sulfonamides is 1. The summed E-state index contributed by atoms with van der Waals surface area (Å²) in [6.45, 7) is 6.74. The van der Waals surface area contributed by atoms with Crippen LogP contribution in [0.25, 0.3) is 0 Å². The normalized spacial score (nSPS) is 22.0. The van der Waals surface area contributed by atoms with Gasteiger partial charge >= 0.3 is 0 Å². The first-order valence-corrected chi connectivity index (χ1v) is 12.5. The van der Waals surface area contributed by atoms with Crippen LogP contribution in [0.5, 0.6) is 5.75 Å². The number of aryl methyl sites for hydroxylation is 1. The Balaban J connectivity index is 1.31. The number of piperidine rings is 1. The number of rotatable bonds is 8. The number of hydrogen-bond acceptors (Lipinski definition) is 5. The third-order valence-electron chi connectivity index (χ3n) is 6.71. The Morgan fingerprint density at radius 2 is 1.87 bits per heavy atom. The predicted octanol–water partition coefficient (Wildman–Crippen LogP) is 3.25. The number of benzene rings is 1. The molecule has 1 aromatic rings. The van der Waals surface area contributed by atoms with Crippen LogP contribution in [0.3, 0.4) is 0 Å². The van der Waals surface area contributed by atoms with Crippen molar-refractivity contribution in [1.82, 2.24) is 9.62 Å². The van der Waals surface area contributed by atoms with Crippen LogP contribution in [0.2, 0.25) is 0 Å². The van der Waals surface area contributed by atoms with E-state index in [1.165, 1.54) is 25.0 Å². The van der Waals surface area contributed by atoms with E-state index in [1.54, 1.807) is 6.92 Å². The molecule has 2 saturated carbocycles. The first kappa shape index (κ1) is 21.6. The fourth-order valence-corrected chi connectivity index (χ4v) is 5.54. The van der Waals surface area contributed by atoms with Crippen molar-refractivity contribution in [3.63, 3.8) is 0 Å². The van der Waals surface area contributed by atoms with E-state index in [-0.39, 0.29) is 5.56 Å². The largest absolute Gasteiger partial charge is 0.493 e. The number of halogens is 1. The van der Waals surface area contributed by atoms with E-state index in [2.05, 4.69) is 11.8 Å². The number of likely N-dealkylation sites (tertiary alicyclic amines) is 1. The average Bonchev–Trinajstić information content (AvgIpc) is 3.59. The predicted molar refractivity (Wildman–Crippen MR) is 113 cm³/mol. The molecular weight excluding hydrogens is 407 g/mol. The summed E-state index contributed by atoms with van der Waals surface area (Å²) in [5.74, 6) is 0.0152. The van der Waals surface area contributed by atoms with Crippen molar-refractivity contribution in [1.29, 1.82) is 0 Å². The zero-order valence-corrected chi connectivity index (χ0v) is 18.5. The summed E-state index contributed by atoms with van der Waals surface area (Å²) in [5, 5.41) is -0.535. The molecule has 1 heterocycles. The molecule has 0 aromatic heterocycles. The third kappa shape index (κ3) is 4.97. The minimum atomic E-state index is -3.71. The lowest BCUT2D eigenvalue weighted by Gasteiger charge is -2.36. The first-order valence-electron chi connectivity index (χ1n) is 11.0. The molecule has 1 aromatic carbocycles. The van der Waals surface area contributed by atoms with E-state index in [0.29, 0.717) is 42.7 Å². The Morgan fingerprint density at radius 3 is 2.47 bits per heavy atom. The summed E-state index contributed by atoms with van der Waals surface area (Å²) in [6.07, 6.45) is 5.92. The van der Waals surface area contributed by atoms with Crippen molar-refractivity contribution >= 4 is 15.9 Å². The summed E-state index contributed by atoms with van der Waals surface area (Å²) in [5.41, 5.74) is 0.344. The molecular formula is C22H31FN2O4S. The SMILES string of the molecule is Cc1cc(C(=O)NS(=O)(=O)C2CC2)c(F)cc1OCC1CCN(C(C)C2CC2)CC1. The average molecular weight is 439 g/mol. The smallest absolute Gasteiger partial charge is 0.267 e. The van der Waals surface area contributed by atoms with E-state index in [0.717, 1.165) is 31.8 Å². The monoisotopic (exact) mass is 438 g/mol. The summed E-state index contributed by atoms with van der Waals surface area (Å²) in [7, 11) is -3.71. The van der Waals surface area contributed by atoms with Crippen molar-refractivity contribution in [3.05, 3.63) is 29.1 Å². The van der Waals surface area contributed by atoms with Crippen LogP contribution in [0, 0.1) is 24.6 Å². The van der Waals surface area contributed by atoms with Crippen molar-refractivity contribution in [2.45, 2.75) is 63.7 Å². The number of carbonyl (C=O) groups is 1. The molecule has 1 atom stereocenters. The van der Waals surface area contributed by atoms with Crippen LogP contribution >= 0.6 is 0 Å². The van der Waals surface area contributed by atoms with Gasteiger partial charge in [0.2, 0.25) is 10.0 Å². The van der Waals surface area contributed by atoms with Gasteiger partial charge in [-0.25, -0.2) is 17.5 Å². The summed E-state index contributed by atoms with van der Waals surface area (Å²) < 4.78 is 46.3. The maximum Gasteiger partial charge on any atom is 0.267 e. The van der Waals surface area contributed by atoms with Crippen molar-refractivity contribution in [2.75, 3.05) is 19.7 Å². The van der Waals surface area contributed by atoms with Gasteiger partial charge in [-0.05, 0) is 88.9 Å². The van der Waals surface area contributed by atoms with E-state index in [1.807, 2.05) is 4.72 Å². The molecule has 3 aliphatic rings. The molecule has 1 N–H and O–H groups in total. The summed E-state index contributed by atoms with van der Waals surface area (Å²) >= 11 is 0. The fraction of sp³-hybridized carbons (Fsp3) is 0.682. The standard InChI is InChI=1S/C22H31FN2O4S/c1-14-11-19(22(26)24-30(27,28)18-5-6-18)20(23)12-21(14)29-13-16-7-9-25(10-8-16)15(2)17-3-4-17/h11-12,15-18H,3-10,13H2,1-2H3,(H,24,26). The van der Waals surface area contributed by atoms with Crippen molar-refractivity contribution in [3.8, 4) is 5.75 Å². The van der Waals surface area contributed by atoms with E-state index in [4.69, 9.17) is 4.74 Å². The van der Waals surface area contributed by atoms with E-state index in [9.17, 15) is 17.6 Å². The van der Waals surface area contributed by atoms with Gasteiger partial charge in [-0.15, -0.1) is 0 Å². The summed E-state index contributed by atoms with van der Waals surface area (Å²) in [6, 6.07) is 3.23. The van der Waals surface area contributed by atoms with Gasteiger partial charge in [0.1, 0.15) is 11.6 Å². The molecule has 0 spiro atoms. The maximum atomic E-state index is 14.5. The lowest BCUT2D eigenvalue weighted by atomic mass is 9.96. The van der Waals surface area contributed by atoms with Gasteiger partial charge in [-0.1, -0.05) is 0 Å². The number of hydrogen-bond donors (Lipinski definition) is 1. The molecule has 1 aliphatic heterocycles. The Bertz CT molecular complexity index is 904. The zero-order valence-electron chi connectivity index (χ0n) is 17.7. The highest BCUT2D eigenvalue weighted by Gasteiger charge is 2.37. The number of nitrogens with zero attached hydrogens (tertiary/aromatic N) is 1. The van der Waals surface area contributed by atoms with Crippen LogP contribution in [0.1, 0.15) is 61.4 Å². The van der Waals surface area contributed by atoms with Gasteiger partial charge in [0.05, 0.1) is 17.4 Å². The van der Waals surface area contributed by atoms with Crippen LogP contribution in [-0.4, -0.2) is 50.2 Å². The molecule has 1 amide bonds. The highest BCUT2D eigenvalue weighted by Crippen LogP contribution is 2.36. The first-order chi connectivity index (χ1) is 14.2.